The molecule has 1 aromatic rings. The second-order valence-electron chi connectivity index (χ2n) is 8.43. The van der Waals surface area contributed by atoms with Gasteiger partial charge in [-0.25, -0.2) is 0 Å². The molecular formula is C22H31N3O2. The van der Waals surface area contributed by atoms with Crippen molar-refractivity contribution < 1.29 is 9.59 Å². The Bertz CT molecular complexity index is 655. The first-order chi connectivity index (χ1) is 13.2. The number of benzene rings is 1. The molecule has 0 saturated carbocycles. The summed E-state index contributed by atoms with van der Waals surface area (Å²) < 4.78 is 0. The number of hydrogen-bond donors (Lipinski definition) is 1. The number of likely N-dealkylation sites (tertiary alicyclic amines) is 1. The van der Waals surface area contributed by atoms with Gasteiger partial charge >= 0.3 is 0 Å². The summed E-state index contributed by atoms with van der Waals surface area (Å²) in [4.78, 5) is 29.2. The summed E-state index contributed by atoms with van der Waals surface area (Å²) in [6.45, 7) is 2.92. The van der Waals surface area contributed by atoms with Crippen LogP contribution >= 0.6 is 0 Å². The van der Waals surface area contributed by atoms with Crippen LogP contribution < -0.4 is 5.32 Å². The van der Waals surface area contributed by atoms with E-state index in [1.165, 1.54) is 12.0 Å². The predicted molar refractivity (Wildman–Crippen MR) is 105 cm³/mol. The molecular weight excluding hydrogens is 338 g/mol. The van der Waals surface area contributed by atoms with Gasteiger partial charge in [0, 0.05) is 38.1 Å². The summed E-state index contributed by atoms with van der Waals surface area (Å²) in [7, 11) is 0. The maximum Gasteiger partial charge on any atom is 0.236 e. The lowest BCUT2D eigenvalue weighted by atomic mass is 9.90. The molecule has 0 aromatic heterocycles. The van der Waals surface area contributed by atoms with Crippen LogP contribution in [0, 0.1) is 5.92 Å². The van der Waals surface area contributed by atoms with Gasteiger partial charge in [0.1, 0.15) is 0 Å². The van der Waals surface area contributed by atoms with E-state index in [0.29, 0.717) is 31.5 Å². The van der Waals surface area contributed by atoms with E-state index in [4.69, 9.17) is 0 Å². The molecule has 3 fully saturated rings. The lowest BCUT2D eigenvalue weighted by molar-refractivity contribution is -0.136. The first-order valence-corrected chi connectivity index (χ1v) is 10.5. The van der Waals surface area contributed by atoms with E-state index < -0.39 is 0 Å². The maximum absolute atomic E-state index is 12.9. The maximum atomic E-state index is 12.9. The summed E-state index contributed by atoms with van der Waals surface area (Å²) in [6.07, 6.45) is 7.14. The quantitative estimate of drug-likeness (QED) is 0.885. The molecule has 0 unspecified atom stereocenters. The molecule has 2 amide bonds. The Kier molecular flexibility index (Phi) is 5.77. The van der Waals surface area contributed by atoms with Crippen molar-refractivity contribution in [1.82, 2.24) is 15.1 Å². The van der Waals surface area contributed by atoms with Gasteiger partial charge < -0.3 is 10.2 Å². The van der Waals surface area contributed by atoms with Crippen LogP contribution in [-0.2, 0) is 16.0 Å². The molecule has 3 saturated heterocycles. The molecule has 3 aliphatic rings. The second kappa shape index (κ2) is 8.42. The van der Waals surface area contributed by atoms with Crippen LogP contribution in [0.4, 0.5) is 0 Å². The minimum Gasteiger partial charge on any atom is -0.354 e. The van der Waals surface area contributed by atoms with Gasteiger partial charge in [0.15, 0.2) is 0 Å². The van der Waals surface area contributed by atoms with Crippen LogP contribution in [0.3, 0.4) is 0 Å². The molecule has 2 atom stereocenters. The summed E-state index contributed by atoms with van der Waals surface area (Å²) >= 11 is 0. The minimum absolute atomic E-state index is 0.142. The average Bonchev–Trinajstić information content (AvgIpc) is 2.76. The van der Waals surface area contributed by atoms with Crippen LogP contribution in [0.15, 0.2) is 30.3 Å². The SMILES string of the molecule is O=C1C[C@@H]2CCC[C@H](CN1)N2CC(=O)N1CCC(Cc2ccccc2)CC1. The molecule has 1 aromatic carbocycles. The number of hydrogen-bond acceptors (Lipinski definition) is 3. The molecule has 5 nitrogen and oxygen atoms in total. The summed E-state index contributed by atoms with van der Waals surface area (Å²) in [5.74, 6) is 1.07. The topological polar surface area (TPSA) is 52.7 Å². The Morgan fingerprint density at radius 2 is 1.78 bits per heavy atom. The van der Waals surface area contributed by atoms with E-state index in [1.54, 1.807) is 0 Å². The Hall–Kier alpha value is -1.88. The highest BCUT2D eigenvalue weighted by Gasteiger charge is 2.36. The van der Waals surface area contributed by atoms with E-state index in [0.717, 1.165) is 45.2 Å². The Morgan fingerprint density at radius 1 is 1.04 bits per heavy atom. The highest BCUT2D eigenvalue weighted by molar-refractivity contribution is 5.79. The molecule has 3 aliphatic heterocycles. The predicted octanol–water partition coefficient (Wildman–Crippen LogP) is 2.21. The van der Waals surface area contributed by atoms with Gasteiger partial charge in [-0.2, -0.15) is 0 Å². The van der Waals surface area contributed by atoms with Crippen molar-refractivity contribution in [3.63, 3.8) is 0 Å². The van der Waals surface area contributed by atoms with E-state index in [9.17, 15) is 9.59 Å². The van der Waals surface area contributed by atoms with Crippen molar-refractivity contribution in [2.45, 2.75) is 57.0 Å². The monoisotopic (exact) mass is 369 g/mol. The van der Waals surface area contributed by atoms with E-state index in [-0.39, 0.29) is 17.9 Å². The number of fused-ring (bicyclic) bond motifs is 2. The second-order valence-corrected chi connectivity index (χ2v) is 8.43. The van der Waals surface area contributed by atoms with Crippen molar-refractivity contribution in [2.24, 2.45) is 5.92 Å². The Morgan fingerprint density at radius 3 is 2.56 bits per heavy atom. The van der Waals surface area contributed by atoms with Crippen LogP contribution in [-0.4, -0.2) is 59.9 Å². The highest BCUT2D eigenvalue weighted by atomic mass is 16.2. The minimum atomic E-state index is 0.142. The molecule has 5 heteroatoms. The molecule has 146 valence electrons. The fraction of sp³-hybridized carbons (Fsp3) is 0.636. The number of carbonyl (C=O) groups is 2. The summed E-state index contributed by atoms with van der Waals surface area (Å²) in [5, 5.41) is 3.02. The molecule has 27 heavy (non-hydrogen) atoms. The molecule has 2 bridgehead atoms. The lowest BCUT2D eigenvalue weighted by Gasteiger charge is -2.41. The highest BCUT2D eigenvalue weighted by Crippen LogP contribution is 2.27. The fourth-order valence-electron chi connectivity index (χ4n) is 5.02. The average molecular weight is 370 g/mol. The largest absolute Gasteiger partial charge is 0.354 e. The third-order valence-electron chi connectivity index (χ3n) is 6.62. The number of nitrogens with one attached hydrogen (secondary N) is 1. The first-order valence-electron chi connectivity index (χ1n) is 10.5. The number of rotatable bonds is 4. The van der Waals surface area contributed by atoms with Crippen LogP contribution in [0.25, 0.3) is 0 Å². The normalized spacial score (nSPS) is 27.1. The van der Waals surface area contributed by atoms with Gasteiger partial charge in [-0.05, 0) is 43.6 Å². The first kappa shape index (κ1) is 18.5. The van der Waals surface area contributed by atoms with E-state index in [2.05, 4.69) is 45.4 Å². The van der Waals surface area contributed by atoms with Gasteiger partial charge in [0.25, 0.3) is 0 Å². The molecule has 4 rings (SSSR count). The van der Waals surface area contributed by atoms with Gasteiger partial charge in [0.05, 0.1) is 6.54 Å². The standard InChI is InChI=1S/C22H31N3O2/c26-21-14-19-7-4-8-20(15-23-21)25(19)16-22(27)24-11-9-18(10-12-24)13-17-5-2-1-3-6-17/h1-3,5-6,18-20H,4,7-16H2,(H,23,26)/t19-,20+/m0/s1. The zero-order chi connectivity index (χ0) is 18.6. The van der Waals surface area contributed by atoms with Gasteiger partial charge in [0.2, 0.25) is 11.8 Å². The molecule has 3 heterocycles. The van der Waals surface area contributed by atoms with E-state index in [1.807, 2.05) is 0 Å². The van der Waals surface area contributed by atoms with E-state index >= 15 is 0 Å². The summed E-state index contributed by atoms with van der Waals surface area (Å²) in [5.41, 5.74) is 1.40. The molecule has 0 spiro atoms. The Balaban J connectivity index is 1.30. The third-order valence-corrected chi connectivity index (χ3v) is 6.62. The third kappa shape index (κ3) is 4.52. The fourth-order valence-corrected chi connectivity index (χ4v) is 5.02. The van der Waals surface area contributed by atoms with Crippen molar-refractivity contribution in [3.8, 4) is 0 Å². The zero-order valence-electron chi connectivity index (χ0n) is 16.1. The van der Waals surface area contributed by atoms with Gasteiger partial charge in [-0.3, -0.25) is 14.5 Å². The van der Waals surface area contributed by atoms with Crippen LogP contribution in [0.1, 0.15) is 44.1 Å². The van der Waals surface area contributed by atoms with Crippen LogP contribution in [0.2, 0.25) is 0 Å². The molecule has 1 N–H and O–H groups in total. The lowest BCUT2D eigenvalue weighted by Crippen LogP contribution is -2.53. The Labute approximate surface area is 162 Å². The van der Waals surface area contributed by atoms with Crippen molar-refractivity contribution in [3.05, 3.63) is 35.9 Å². The number of piperidine rings is 2. The zero-order valence-corrected chi connectivity index (χ0v) is 16.1. The van der Waals surface area contributed by atoms with Gasteiger partial charge in [-0.1, -0.05) is 36.8 Å². The smallest absolute Gasteiger partial charge is 0.236 e. The number of nitrogens with zero attached hydrogens (tertiary/aromatic N) is 2. The van der Waals surface area contributed by atoms with Gasteiger partial charge in [-0.15, -0.1) is 0 Å². The molecule has 0 radical (unpaired) electrons. The number of amides is 2. The van der Waals surface area contributed by atoms with Crippen LogP contribution in [0.5, 0.6) is 0 Å². The summed E-state index contributed by atoms with van der Waals surface area (Å²) in [6, 6.07) is 11.2. The van der Waals surface area contributed by atoms with Crippen molar-refractivity contribution in [2.75, 3.05) is 26.2 Å². The van der Waals surface area contributed by atoms with Crippen molar-refractivity contribution >= 4 is 11.8 Å². The number of carbonyl (C=O) groups excluding carboxylic acids is 2. The van der Waals surface area contributed by atoms with Crippen molar-refractivity contribution in [1.29, 1.82) is 0 Å². The molecule has 0 aliphatic carbocycles.